The second-order valence-electron chi connectivity index (χ2n) is 6.83. The molecule has 0 aliphatic heterocycles. The van der Waals surface area contributed by atoms with E-state index >= 15 is 0 Å². The molecule has 0 bridgehead atoms. The van der Waals surface area contributed by atoms with E-state index in [0.29, 0.717) is 25.3 Å². The minimum absolute atomic E-state index is 0.103. The van der Waals surface area contributed by atoms with Gasteiger partial charge in [0.1, 0.15) is 11.8 Å². The van der Waals surface area contributed by atoms with Crippen LogP contribution >= 0.6 is 0 Å². The number of carbonyl (C=O) groups is 2. The molecule has 0 radical (unpaired) electrons. The lowest BCUT2D eigenvalue weighted by atomic mass is 10.1. The summed E-state index contributed by atoms with van der Waals surface area (Å²) in [6, 6.07) is 16.8. The van der Waals surface area contributed by atoms with Crippen molar-refractivity contribution in [2.45, 2.75) is 46.2 Å². The Balaban J connectivity index is 2.15. The highest BCUT2D eigenvalue weighted by atomic mass is 16.5. The molecule has 0 spiro atoms. The van der Waals surface area contributed by atoms with Crippen LogP contribution in [0.2, 0.25) is 0 Å². The molecule has 2 aromatic rings. The zero-order valence-corrected chi connectivity index (χ0v) is 17.0. The van der Waals surface area contributed by atoms with E-state index in [4.69, 9.17) is 4.74 Å². The van der Waals surface area contributed by atoms with E-state index in [1.165, 1.54) is 0 Å². The minimum Gasteiger partial charge on any atom is -0.484 e. The van der Waals surface area contributed by atoms with Crippen molar-refractivity contribution in [3.05, 3.63) is 65.7 Å². The third-order valence-corrected chi connectivity index (χ3v) is 4.48. The zero-order chi connectivity index (χ0) is 20.4. The van der Waals surface area contributed by atoms with Gasteiger partial charge in [-0.3, -0.25) is 9.59 Å². The van der Waals surface area contributed by atoms with Gasteiger partial charge in [-0.25, -0.2) is 0 Å². The highest BCUT2D eigenvalue weighted by Gasteiger charge is 2.28. The molecule has 0 aromatic heterocycles. The predicted molar refractivity (Wildman–Crippen MR) is 111 cm³/mol. The molecule has 0 unspecified atom stereocenters. The van der Waals surface area contributed by atoms with Crippen LogP contribution in [-0.2, 0) is 16.1 Å². The second-order valence-corrected chi connectivity index (χ2v) is 6.83. The quantitative estimate of drug-likeness (QED) is 0.681. The number of rotatable bonds is 10. The molecule has 150 valence electrons. The van der Waals surface area contributed by atoms with Gasteiger partial charge in [-0.2, -0.15) is 0 Å². The number of ether oxygens (including phenoxy) is 1. The van der Waals surface area contributed by atoms with Gasteiger partial charge >= 0.3 is 0 Å². The Bertz CT molecular complexity index is 761. The summed E-state index contributed by atoms with van der Waals surface area (Å²) < 4.78 is 5.70. The van der Waals surface area contributed by atoms with Crippen molar-refractivity contribution in [3.8, 4) is 5.75 Å². The molecule has 0 saturated carbocycles. The molecular weight excluding hydrogens is 352 g/mol. The maximum atomic E-state index is 13.0. The van der Waals surface area contributed by atoms with Crippen molar-refractivity contribution in [1.82, 2.24) is 10.2 Å². The van der Waals surface area contributed by atoms with Crippen molar-refractivity contribution in [2.75, 3.05) is 13.2 Å². The first-order valence-corrected chi connectivity index (χ1v) is 9.85. The van der Waals surface area contributed by atoms with Crippen LogP contribution in [0.1, 0.15) is 37.8 Å². The van der Waals surface area contributed by atoms with Gasteiger partial charge in [0.2, 0.25) is 5.91 Å². The Labute approximate surface area is 167 Å². The van der Waals surface area contributed by atoms with Crippen LogP contribution in [0.3, 0.4) is 0 Å². The number of carbonyl (C=O) groups excluding carboxylic acids is 2. The van der Waals surface area contributed by atoms with Gasteiger partial charge in [0.25, 0.3) is 5.91 Å². The molecule has 0 aliphatic carbocycles. The van der Waals surface area contributed by atoms with Crippen LogP contribution in [0.4, 0.5) is 0 Å². The van der Waals surface area contributed by atoms with E-state index < -0.39 is 6.04 Å². The van der Waals surface area contributed by atoms with Crippen LogP contribution in [0, 0.1) is 6.92 Å². The molecule has 28 heavy (non-hydrogen) atoms. The number of amides is 2. The fraction of sp³-hybridized carbons (Fsp3) is 0.391. The van der Waals surface area contributed by atoms with Crippen molar-refractivity contribution in [3.63, 3.8) is 0 Å². The summed E-state index contributed by atoms with van der Waals surface area (Å²) in [4.78, 5) is 27.3. The Morgan fingerprint density at radius 3 is 2.46 bits per heavy atom. The Morgan fingerprint density at radius 1 is 1.07 bits per heavy atom. The molecule has 0 fully saturated rings. The van der Waals surface area contributed by atoms with Crippen LogP contribution in [0.25, 0.3) is 0 Å². The smallest absolute Gasteiger partial charge is 0.261 e. The third-order valence-electron chi connectivity index (χ3n) is 4.48. The highest BCUT2D eigenvalue weighted by Crippen LogP contribution is 2.15. The normalized spacial score (nSPS) is 11.5. The van der Waals surface area contributed by atoms with Crippen LogP contribution in [-0.4, -0.2) is 35.9 Å². The summed E-state index contributed by atoms with van der Waals surface area (Å²) >= 11 is 0. The SMILES string of the molecule is CCCNC(=O)[C@@H](CC)N(Cc1ccccc1)C(=O)COc1cccc(C)c1. The van der Waals surface area contributed by atoms with E-state index in [-0.39, 0.29) is 18.4 Å². The molecule has 5 nitrogen and oxygen atoms in total. The number of nitrogens with one attached hydrogen (secondary N) is 1. The summed E-state index contributed by atoms with van der Waals surface area (Å²) in [6.45, 7) is 6.76. The zero-order valence-electron chi connectivity index (χ0n) is 17.0. The summed E-state index contributed by atoms with van der Waals surface area (Å²) in [5.41, 5.74) is 2.05. The number of benzene rings is 2. The van der Waals surface area contributed by atoms with E-state index in [9.17, 15) is 9.59 Å². The maximum Gasteiger partial charge on any atom is 0.261 e. The molecular formula is C23H30N2O3. The Morgan fingerprint density at radius 2 is 1.82 bits per heavy atom. The fourth-order valence-electron chi connectivity index (χ4n) is 3.00. The van der Waals surface area contributed by atoms with Gasteiger partial charge in [-0.15, -0.1) is 0 Å². The van der Waals surface area contributed by atoms with Gasteiger partial charge in [-0.1, -0.05) is 56.3 Å². The van der Waals surface area contributed by atoms with Crippen molar-refractivity contribution < 1.29 is 14.3 Å². The van der Waals surface area contributed by atoms with Gasteiger partial charge < -0.3 is 15.0 Å². The van der Waals surface area contributed by atoms with Crippen LogP contribution in [0.15, 0.2) is 54.6 Å². The summed E-state index contributed by atoms with van der Waals surface area (Å²) in [6.07, 6.45) is 1.39. The summed E-state index contributed by atoms with van der Waals surface area (Å²) in [7, 11) is 0. The topological polar surface area (TPSA) is 58.6 Å². The average Bonchev–Trinajstić information content (AvgIpc) is 2.71. The molecule has 0 heterocycles. The minimum atomic E-state index is -0.527. The van der Waals surface area contributed by atoms with Gasteiger partial charge in [-0.05, 0) is 43.0 Å². The van der Waals surface area contributed by atoms with Gasteiger partial charge in [0, 0.05) is 13.1 Å². The average molecular weight is 383 g/mol. The number of hydrogen-bond acceptors (Lipinski definition) is 3. The van der Waals surface area contributed by atoms with Gasteiger partial charge in [0.05, 0.1) is 0 Å². The molecule has 2 amide bonds. The standard InChI is InChI=1S/C23H30N2O3/c1-4-14-24-23(27)21(5-2)25(16-19-11-7-6-8-12-19)22(26)17-28-20-13-9-10-18(3)15-20/h6-13,15,21H,4-5,14,16-17H2,1-3H3,(H,24,27)/t21-/m1/s1. The number of hydrogen-bond donors (Lipinski definition) is 1. The molecule has 1 N–H and O–H groups in total. The lowest BCUT2D eigenvalue weighted by molar-refractivity contribution is -0.143. The van der Waals surface area contributed by atoms with Crippen molar-refractivity contribution >= 4 is 11.8 Å². The van der Waals surface area contributed by atoms with E-state index in [1.807, 2.05) is 75.4 Å². The molecule has 0 saturated heterocycles. The lowest BCUT2D eigenvalue weighted by Crippen LogP contribution is -2.50. The van der Waals surface area contributed by atoms with Crippen LogP contribution < -0.4 is 10.1 Å². The van der Waals surface area contributed by atoms with Crippen molar-refractivity contribution in [2.24, 2.45) is 0 Å². The molecule has 2 aromatic carbocycles. The van der Waals surface area contributed by atoms with E-state index in [2.05, 4.69) is 5.32 Å². The first-order valence-electron chi connectivity index (χ1n) is 9.85. The van der Waals surface area contributed by atoms with Crippen LogP contribution in [0.5, 0.6) is 5.75 Å². The molecule has 0 aliphatic rings. The number of aryl methyl sites for hydroxylation is 1. The maximum absolute atomic E-state index is 13.0. The largest absolute Gasteiger partial charge is 0.484 e. The number of nitrogens with zero attached hydrogens (tertiary/aromatic N) is 1. The lowest BCUT2D eigenvalue weighted by Gasteiger charge is -2.30. The summed E-state index contributed by atoms with van der Waals surface area (Å²) in [5, 5.41) is 2.91. The Kier molecular flexibility index (Phi) is 8.53. The van der Waals surface area contributed by atoms with Gasteiger partial charge in [0.15, 0.2) is 6.61 Å². The monoisotopic (exact) mass is 382 g/mol. The summed E-state index contributed by atoms with van der Waals surface area (Å²) in [5.74, 6) is 0.324. The first kappa shape index (κ1) is 21.5. The molecule has 5 heteroatoms. The Hall–Kier alpha value is -2.82. The predicted octanol–water partition coefficient (Wildman–Crippen LogP) is 3.71. The van der Waals surface area contributed by atoms with Crippen molar-refractivity contribution in [1.29, 1.82) is 0 Å². The third kappa shape index (κ3) is 6.41. The highest BCUT2D eigenvalue weighted by molar-refractivity contribution is 5.88. The first-order chi connectivity index (χ1) is 13.5. The van der Waals surface area contributed by atoms with E-state index in [1.54, 1.807) is 4.90 Å². The molecule has 1 atom stereocenters. The molecule has 2 rings (SSSR count). The fourth-order valence-corrected chi connectivity index (χ4v) is 3.00. The van der Waals surface area contributed by atoms with E-state index in [0.717, 1.165) is 17.5 Å². The second kappa shape index (κ2) is 11.1.